The van der Waals surface area contributed by atoms with Crippen molar-refractivity contribution in [2.75, 3.05) is 0 Å². The van der Waals surface area contributed by atoms with Gasteiger partial charge in [-0.1, -0.05) is 12.1 Å². The Morgan fingerprint density at radius 2 is 1.94 bits per heavy atom. The second-order valence-corrected chi connectivity index (χ2v) is 5.02. The molecule has 0 amide bonds. The van der Waals surface area contributed by atoms with Gasteiger partial charge in [-0.2, -0.15) is 0 Å². The Labute approximate surface area is 96.1 Å². The van der Waals surface area contributed by atoms with Crippen molar-refractivity contribution in [1.82, 2.24) is 10.3 Å². The summed E-state index contributed by atoms with van der Waals surface area (Å²) < 4.78 is 0. The predicted molar refractivity (Wildman–Crippen MR) is 67.8 cm³/mol. The molecule has 1 aliphatic heterocycles. The van der Waals surface area contributed by atoms with Crippen molar-refractivity contribution >= 4 is 10.9 Å². The zero-order chi connectivity index (χ0) is 11.3. The lowest BCUT2D eigenvalue weighted by atomic mass is 9.96. The summed E-state index contributed by atoms with van der Waals surface area (Å²) >= 11 is 0. The van der Waals surface area contributed by atoms with Crippen LogP contribution >= 0.6 is 0 Å². The van der Waals surface area contributed by atoms with E-state index in [0.717, 1.165) is 13.0 Å². The Balaban J connectivity index is 2.34. The quantitative estimate of drug-likeness (QED) is 0.693. The molecule has 0 aliphatic carbocycles. The lowest BCUT2D eigenvalue weighted by molar-refractivity contribution is 0.510. The minimum absolute atomic E-state index is 0.589. The molecular formula is C14H18N2. The summed E-state index contributed by atoms with van der Waals surface area (Å²) in [6.07, 6.45) is 1.14. The molecule has 0 fully saturated rings. The molecule has 16 heavy (non-hydrogen) atoms. The Kier molecular flexibility index (Phi) is 2.08. The van der Waals surface area contributed by atoms with Gasteiger partial charge in [-0.3, -0.25) is 0 Å². The van der Waals surface area contributed by atoms with Crippen LogP contribution < -0.4 is 5.32 Å². The van der Waals surface area contributed by atoms with Crippen molar-refractivity contribution in [1.29, 1.82) is 0 Å². The summed E-state index contributed by atoms with van der Waals surface area (Å²) in [6.45, 7) is 7.63. The van der Waals surface area contributed by atoms with E-state index in [1.807, 2.05) is 0 Å². The molecule has 0 bridgehead atoms. The summed E-state index contributed by atoms with van der Waals surface area (Å²) in [5, 5.41) is 4.97. The molecule has 2 nitrogen and oxygen atoms in total. The molecule has 1 unspecified atom stereocenters. The number of aromatic amines is 1. The molecule has 0 saturated heterocycles. The first-order valence-corrected chi connectivity index (χ1v) is 6.00. The average molecular weight is 214 g/mol. The molecule has 2 aromatic rings. The molecule has 0 spiro atoms. The minimum atomic E-state index is 0.589. The number of hydrogen-bond acceptors (Lipinski definition) is 1. The fourth-order valence-corrected chi connectivity index (χ4v) is 2.77. The maximum Gasteiger partial charge on any atom is 0.0491 e. The van der Waals surface area contributed by atoms with Crippen LogP contribution in [-0.2, 0) is 13.0 Å². The molecule has 0 saturated carbocycles. The lowest BCUT2D eigenvalue weighted by Gasteiger charge is -2.20. The van der Waals surface area contributed by atoms with Gasteiger partial charge in [-0.25, -0.2) is 0 Å². The van der Waals surface area contributed by atoms with Crippen LogP contribution in [0, 0.1) is 13.8 Å². The van der Waals surface area contributed by atoms with Crippen molar-refractivity contribution in [2.45, 2.75) is 39.8 Å². The molecule has 2 N–H and O–H groups in total. The molecule has 1 aromatic heterocycles. The Morgan fingerprint density at radius 3 is 2.75 bits per heavy atom. The summed E-state index contributed by atoms with van der Waals surface area (Å²) in [4.78, 5) is 3.58. The van der Waals surface area contributed by atoms with E-state index >= 15 is 0 Å². The zero-order valence-electron chi connectivity index (χ0n) is 10.1. The first kappa shape index (κ1) is 9.91. The van der Waals surface area contributed by atoms with Crippen molar-refractivity contribution in [2.24, 2.45) is 0 Å². The largest absolute Gasteiger partial charge is 0.357 e. The zero-order valence-corrected chi connectivity index (χ0v) is 10.1. The molecule has 0 radical (unpaired) electrons. The van der Waals surface area contributed by atoms with Gasteiger partial charge in [0.15, 0.2) is 0 Å². The third-order valence-corrected chi connectivity index (χ3v) is 3.70. The fraction of sp³-hybridized carbons (Fsp3) is 0.429. The van der Waals surface area contributed by atoms with Gasteiger partial charge < -0.3 is 10.3 Å². The van der Waals surface area contributed by atoms with Gasteiger partial charge in [0, 0.05) is 29.2 Å². The van der Waals surface area contributed by atoms with E-state index in [1.54, 1.807) is 0 Å². The summed E-state index contributed by atoms with van der Waals surface area (Å²) in [6, 6.07) is 5.03. The number of H-pyrrole nitrogens is 1. The summed E-state index contributed by atoms with van der Waals surface area (Å²) in [5.74, 6) is 0. The monoisotopic (exact) mass is 214 g/mol. The van der Waals surface area contributed by atoms with Gasteiger partial charge in [0.25, 0.3) is 0 Å². The minimum Gasteiger partial charge on any atom is -0.357 e. The first-order valence-electron chi connectivity index (χ1n) is 6.00. The molecule has 1 aliphatic rings. The van der Waals surface area contributed by atoms with Crippen LogP contribution in [0.25, 0.3) is 10.9 Å². The molecule has 1 atom stereocenters. The van der Waals surface area contributed by atoms with Crippen LogP contribution in [-0.4, -0.2) is 11.0 Å². The SMILES string of the molecule is Cc1ccc(C)c2c3c([nH]c12)CNC(C)C3. The topological polar surface area (TPSA) is 27.8 Å². The number of nitrogens with one attached hydrogen (secondary N) is 2. The van der Waals surface area contributed by atoms with Crippen molar-refractivity contribution in [3.8, 4) is 0 Å². The van der Waals surface area contributed by atoms with Crippen LogP contribution in [0.5, 0.6) is 0 Å². The van der Waals surface area contributed by atoms with Crippen LogP contribution in [0.1, 0.15) is 29.3 Å². The van der Waals surface area contributed by atoms with Gasteiger partial charge in [-0.05, 0) is 43.9 Å². The number of aromatic nitrogens is 1. The molecule has 2 heteroatoms. The van der Waals surface area contributed by atoms with Gasteiger partial charge in [0.2, 0.25) is 0 Å². The summed E-state index contributed by atoms with van der Waals surface area (Å²) in [7, 11) is 0. The van der Waals surface area contributed by atoms with Crippen molar-refractivity contribution in [3.05, 3.63) is 34.5 Å². The van der Waals surface area contributed by atoms with E-state index in [-0.39, 0.29) is 0 Å². The molecule has 1 aromatic carbocycles. The third kappa shape index (κ3) is 1.30. The Bertz CT molecular complexity index is 551. The molecule has 84 valence electrons. The maximum atomic E-state index is 3.58. The number of rotatable bonds is 0. The highest BCUT2D eigenvalue weighted by molar-refractivity contribution is 5.90. The van der Waals surface area contributed by atoms with E-state index < -0.39 is 0 Å². The fourth-order valence-electron chi connectivity index (χ4n) is 2.77. The van der Waals surface area contributed by atoms with E-state index in [0.29, 0.717) is 6.04 Å². The average Bonchev–Trinajstić information content (AvgIpc) is 2.63. The number of benzene rings is 1. The second-order valence-electron chi connectivity index (χ2n) is 5.02. The van der Waals surface area contributed by atoms with E-state index in [2.05, 4.69) is 43.2 Å². The highest BCUT2D eigenvalue weighted by atomic mass is 14.9. The molecular weight excluding hydrogens is 196 g/mol. The summed E-state index contributed by atoms with van der Waals surface area (Å²) in [5.41, 5.74) is 6.99. The second kappa shape index (κ2) is 3.36. The smallest absolute Gasteiger partial charge is 0.0491 e. The van der Waals surface area contributed by atoms with Gasteiger partial charge >= 0.3 is 0 Å². The lowest BCUT2D eigenvalue weighted by Crippen LogP contribution is -2.32. The van der Waals surface area contributed by atoms with Gasteiger partial charge in [-0.15, -0.1) is 0 Å². The predicted octanol–water partition coefficient (Wildman–Crippen LogP) is 2.82. The number of hydrogen-bond donors (Lipinski definition) is 2. The first-order chi connectivity index (χ1) is 7.66. The van der Waals surface area contributed by atoms with E-state index in [4.69, 9.17) is 0 Å². The van der Waals surface area contributed by atoms with Crippen molar-refractivity contribution in [3.63, 3.8) is 0 Å². The third-order valence-electron chi connectivity index (χ3n) is 3.70. The highest BCUT2D eigenvalue weighted by Crippen LogP contribution is 2.30. The van der Waals surface area contributed by atoms with Crippen LogP contribution in [0.2, 0.25) is 0 Å². The van der Waals surface area contributed by atoms with Crippen molar-refractivity contribution < 1.29 is 0 Å². The van der Waals surface area contributed by atoms with E-state index in [1.165, 1.54) is 33.3 Å². The van der Waals surface area contributed by atoms with Crippen LogP contribution in [0.15, 0.2) is 12.1 Å². The van der Waals surface area contributed by atoms with Crippen LogP contribution in [0.3, 0.4) is 0 Å². The maximum absolute atomic E-state index is 3.58. The van der Waals surface area contributed by atoms with E-state index in [9.17, 15) is 0 Å². The number of fused-ring (bicyclic) bond motifs is 3. The molecule has 2 heterocycles. The Morgan fingerprint density at radius 1 is 1.19 bits per heavy atom. The highest BCUT2D eigenvalue weighted by Gasteiger charge is 2.20. The Hall–Kier alpha value is -1.28. The van der Waals surface area contributed by atoms with Crippen LogP contribution in [0.4, 0.5) is 0 Å². The normalized spacial score (nSPS) is 20.1. The number of aryl methyl sites for hydroxylation is 2. The standard InChI is InChI=1S/C14H18N2/c1-8-4-5-9(2)14-13(8)11-6-10(3)15-7-12(11)16-14/h4-5,10,15-16H,6-7H2,1-3H3. The van der Waals surface area contributed by atoms with Gasteiger partial charge in [0.1, 0.15) is 0 Å². The molecule has 3 rings (SSSR count). The van der Waals surface area contributed by atoms with Gasteiger partial charge in [0.05, 0.1) is 0 Å².